The molecule has 0 aromatic carbocycles. The fourth-order valence-corrected chi connectivity index (χ4v) is 3.09. The molecule has 17 heavy (non-hydrogen) atoms. The van der Waals surface area contributed by atoms with Crippen molar-refractivity contribution in [2.75, 3.05) is 26.7 Å². The zero-order chi connectivity index (χ0) is 12.3. The molecule has 1 saturated heterocycles. The fraction of sp³-hybridized carbons (Fsp3) is 0.929. The third-order valence-electron chi connectivity index (χ3n) is 4.10. The summed E-state index contributed by atoms with van der Waals surface area (Å²) < 4.78 is 5.63. The first-order valence-corrected chi connectivity index (χ1v) is 6.98. The van der Waals surface area contributed by atoms with Crippen molar-refractivity contribution in [2.24, 2.45) is 11.8 Å². The minimum Gasteiger partial charge on any atom is -0.377 e. The summed E-state index contributed by atoms with van der Waals surface area (Å²) in [6.07, 6.45) is 5.73. The van der Waals surface area contributed by atoms with Crippen LogP contribution in [0.25, 0.3) is 0 Å². The van der Waals surface area contributed by atoms with E-state index in [1.165, 1.54) is 12.8 Å². The maximum absolute atomic E-state index is 11.9. The number of hydrogen-bond acceptors (Lipinski definition) is 3. The van der Waals surface area contributed by atoms with Gasteiger partial charge in [0.1, 0.15) is 5.78 Å². The summed E-state index contributed by atoms with van der Waals surface area (Å²) in [5.41, 5.74) is 0. The molecule has 3 heteroatoms. The molecule has 2 rings (SSSR count). The zero-order valence-corrected chi connectivity index (χ0v) is 11.2. The van der Waals surface area contributed by atoms with Gasteiger partial charge in [-0.25, -0.2) is 0 Å². The van der Waals surface area contributed by atoms with Gasteiger partial charge < -0.3 is 9.64 Å². The topological polar surface area (TPSA) is 29.5 Å². The van der Waals surface area contributed by atoms with Crippen LogP contribution in [-0.2, 0) is 9.53 Å². The molecule has 0 amide bonds. The molecular weight excluding hydrogens is 214 g/mol. The van der Waals surface area contributed by atoms with E-state index in [9.17, 15) is 4.79 Å². The number of hydrogen-bond donors (Lipinski definition) is 0. The van der Waals surface area contributed by atoms with Crippen molar-refractivity contribution in [3.8, 4) is 0 Å². The molecule has 2 fully saturated rings. The van der Waals surface area contributed by atoms with Crippen LogP contribution in [0.5, 0.6) is 0 Å². The number of ether oxygens (including phenoxy) is 1. The molecule has 1 saturated carbocycles. The van der Waals surface area contributed by atoms with Gasteiger partial charge in [-0.1, -0.05) is 6.92 Å². The maximum atomic E-state index is 11.9. The van der Waals surface area contributed by atoms with E-state index in [-0.39, 0.29) is 5.92 Å². The summed E-state index contributed by atoms with van der Waals surface area (Å²) >= 11 is 0. The van der Waals surface area contributed by atoms with E-state index >= 15 is 0 Å². The predicted molar refractivity (Wildman–Crippen MR) is 68.0 cm³/mol. The minimum atomic E-state index is 0.269. The number of carbonyl (C=O) groups excluding carboxylic acids is 1. The molecule has 3 unspecified atom stereocenters. The van der Waals surface area contributed by atoms with Crippen molar-refractivity contribution in [1.29, 1.82) is 0 Å². The molecule has 0 bridgehead atoms. The lowest BCUT2D eigenvalue weighted by molar-refractivity contribution is -0.126. The third kappa shape index (κ3) is 3.78. The van der Waals surface area contributed by atoms with Gasteiger partial charge in [0.25, 0.3) is 0 Å². The van der Waals surface area contributed by atoms with Gasteiger partial charge in [0.2, 0.25) is 0 Å². The van der Waals surface area contributed by atoms with Crippen LogP contribution >= 0.6 is 0 Å². The predicted octanol–water partition coefficient (Wildman–Crippen LogP) is 2.10. The highest BCUT2D eigenvalue weighted by atomic mass is 16.5. The summed E-state index contributed by atoms with van der Waals surface area (Å²) in [6, 6.07) is 0. The van der Waals surface area contributed by atoms with E-state index in [2.05, 4.69) is 18.9 Å². The van der Waals surface area contributed by atoms with Crippen LogP contribution in [0.15, 0.2) is 0 Å². The maximum Gasteiger partial charge on any atom is 0.137 e. The van der Waals surface area contributed by atoms with E-state index in [1.807, 2.05) is 0 Å². The number of nitrogens with zero attached hydrogens (tertiary/aromatic N) is 1. The van der Waals surface area contributed by atoms with Gasteiger partial charge in [-0.15, -0.1) is 0 Å². The molecule has 0 spiro atoms. The van der Waals surface area contributed by atoms with Gasteiger partial charge in [0.15, 0.2) is 0 Å². The second-order valence-corrected chi connectivity index (χ2v) is 5.90. The first-order chi connectivity index (χ1) is 8.15. The lowest BCUT2D eigenvalue weighted by Crippen LogP contribution is -2.37. The van der Waals surface area contributed by atoms with Crippen LogP contribution in [0.4, 0.5) is 0 Å². The molecule has 0 aromatic rings. The lowest BCUT2D eigenvalue weighted by atomic mass is 9.81. The summed E-state index contributed by atoms with van der Waals surface area (Å²) in [4.78, 5) is 14.1. The Labute approximate surface area is 105 Å². The Bertz CT molecular complexity index is 261. The Morgan fingerprint density at radius 1 is 1.35 bits per heavy atom. The van der Waals surface area contributed by atoms with Gasteiger partial charge in [0.05, 0.1) is 6.10 Å². The summed E-state index contributed by atoms with van der Waals surface area (Å²) in [5, 5.41) is 0. The Kier molecular flexibility index (Phi) is 4.57. The monoisotopic (exact) mass is 239 g/mol. The number of carbonyl (C=O) groups is 1. The largest absolute Gasteiger partial charge is 0.377 e. The van der Waals surface area contributed by atoms with Gasteiger partial charge >= 0.3 is 0 Å². The van der Waals surface area contributed by atoms with E-state index in [0.29, 0.717) is 17.8 Å². The van der Waals surface area contributed by atoms with Crippen LogP contribution < -0.4 is 0 Å². The Morgan fingerprint density at radius 2 is 2.18 bits per heavy atom. The molecule has 1 heterocycles. The summed E-state index contributed by atoms with van der Waals surface area (Å²) in [7, 11) is 2.12. The van der Waals surface area contributed by atoms with Crippen LogP contribution in [-0.4, -0.2) is 43.5 Å². The number of Topliss-reactive ketones (excluding diaryl/α,β-unsaturated/α-hetero) is 1. The van der Waals surface area contributed by atoms with Crippen molar-refractivity contribution in [1.82, 2.24) is 4.90 Å². The first-order valence-electron chi connectivity index (χ1n) is 6.98. The average Bonchev–Trinajstić information content (AvgIpc) is 2.76. The van der Waals surface area contributed by atoms with E-state index < -0.39 is 0 Å². The molecule has 0 aromatic heterocycles. The minimum absolute atomic E-state index is 0.269. The second-order valence-electron chi connectivity index (χ2n) is 5.90. The lowest BCUT2D eigenvalue weighted by Gasteiger charge is -2.30. The molecule has 0 radical (unpaired) electrons. The Balaban J connectivity index is 1.76. The molecular formula is C14H25NO2. The fourth-order valence-electron chi connectivity index (χ4n) is 3.09. The number of rotatable bonds is 4. The Morgan fingerprint density at radius 3 is 2.88 bits per heavy atom. The third-order valence-corrected chi connectivity index (χ3v) is 4.10. The van der Waals surface area contributed by atoms with Gasteiger partial charge in [-0.05, 0) is 38.6 Å². The van der Waals surface area contributed by atoms with Crippen LogP contribution in [0.1, 0.15) is 39.0 Å². The molecule has 98 valence electrons. The Hall–Kier alpha value is -0.410. The van der Waals surface area contributed by atoms with E-state index in [4.69, 9.17) is 4.74 Å². The van der Waals surface area contributed by atoms with Crippen molar-refractivity contribution in [3.05, 3.63) is 0 Å². The van der Waals surface area contributed by atoms with Gasteiger partial charge in [-0.3, -0.25) is 4.79 Å². The average molecular weight is 239 g/mol. The quantitative estimate of drug-likeness (QED) is 0.752. The van der Waals surface area contributed by atoms with Crippen LogP contribution in [0, 0.1) is 11.8 Å². The molecule has 1 aliphatic heterocycles. The molecule has 3 nitrogen and oxygen atoms in total. The summed E-state index contributed by atoms with van der Waals surface area (Å²) in [6.45, 7) is 5.08. The van der Waals surface area contributed by atoms with Crippen molar-refractivity contribution < 1.29 is 9.53 Å². The smallest absolute Gasteiger partial charge is 0.137 e. The highest BCUT2D eigenvalue weighted by Gasteiger charge is 2.28. The second kappa shape index (κ2) is 5.96. The SMILES string of the molecule is CC1CCC(=O)C(CN(C)CC2CCCO2)C1. The van der Waals surface area contributed by atoms with E-state index in [0.717, 1.165) is 39.0 Å². The van der Waals surface area contributed by atoms with Crippen molar-refractivity contribution in [3.63, 3.8) is 0 Å². The molecule has 0 N–H and O–H groups in total. The first kappa shape index (κ1) is 13.0. The molecule has 1 aliphatic carbocycles. The van der Waals surface area contributed by atoms with E-state index in [1.54, 1.807) is 0 Å². The van der Waals surface area contributed by atoms with Gasteiger partial charge in [0, 0.05) is 32.0 Å². The van der Waals surface area contributed by atoms with Gasteiger partial charge in [-0.2, -0.15) is 0 Å². The highest BCUT2D eigenvalue weighted by molar-refractivity contribution is 5.81. The molecule has 2 aliphatic rings. The standard InChI is InChI=1S/C14H25NO2/c1-11-5-6-14(16)12(8-11)9-15(2)10-13-4-3-7-17-13/h11-13H,3-10H2,1-2H3. The summed E-state index contributed by atoms with van der Waals surface area (Å²) in [5.74, 6) is 1.46. The number of ketones is 1. The number of likely N-dealkylation sites (N-methyl/N-ethyl adjacent to an activating group) is 1. The van der Waals surface area contributed by atoms with Crippen LogP contribution in [0.3, 0.4) is 0 Å². The van der Waals surface area contributed by atoms with Crippen molar-refractivity contribution >= 4 is 5.78 Å². The zero-order valence-electron chi connectivity index (χ0n) is 11.2. The molecule has 3 atom stereocenters. The van der Waals surface area contributed by atoms with Crippen LogP contribution in [0.2, 0.25) is 0 Å². The highest BCUT2D eigenvalue weighted by Crippen LogP contribution is 2.26. The normalized spacial score (nSPS) is 34.5. The van der Waals surface area contributed by atoms with Crippen molar-refractivity contribution in [2.45, 2.75) is 45.1 Å².